The SMILES string of the molecule is O=c1c(-c2cccc3ccccc23)cc2cnc(NN3CC4CCCC4C3)nc2n1C1CC1. The second-order valence-corrected chi connectivity index (χ2v) is 9.93. The predicted octanol–water partition coefficient (Wildman–Crippen LogP) is 5.01. The summed E-state index contributed by atoms with van der Waals surface area (Å²) < 4.78 is 1.91. The molecule has 6 nitrogen and oxygen atoms in total. The van der Waals surface area contributed by atoms with Crippen LogP contribution < -0.4 is 11.0 Å². The zero-order valence-corrected chi connectivity index (χ0v) is 18.6. The van der Waals surface area contributed by atoms with E-state index in [2.05, 4.69) is 33.6 Å². The molecule has 4 aromatic rings. The van der Waals surface area contributed by atoms with Gasteiger partial charge >= 0.3 is 0 Å². The Morgan fingerprint density at radius 1 is 0.879 bits per heavy atom. The maximum Gasteiger partial charge on any atom is 0.260 e. The number of hydrogen-bond acceptors (Lipinski definition) is 5. The van der Waals surface area contributed by atoms with Crippen molar-refractivity contribution in [2.45, 2.75) is 38.1 Å². The Hall–Kier alpha value is -3.25. The Morgan fingerprint density at radius 2 is 1.67 bits per heavy atom. The quantitative estimate of drug-likeness (QED) is 0.487. The van der Waals surface area contributed by atoms with Crippen LogP contribution in [0, 0.1) is 11.8 Å². The van der Waals surface area contributed by atoms with Crippen molar-refractivity contribution in [2.24, 2.45) is 11.8 Å². The number of benzene rings is 2. The maximum atomic E-state index is 13.8. The summed E-state index contributed by atoms with van der Waals surface area (Å²) in [7, 11) is 0. The van der Waals surface area contributed by atoms with Crippen molar-refractivity contribution in [2.75, 3.05) is 18.5 Å². The molecule has 1 saturated heterocycles. The summed E-state index contributed by atoms with van der Waals surface area (Å²) in [6.07, 6.45) is 7.95. The first-order valence-electron chi connectivity index (χ1n) is 12.2. The van der Waals surface area contributed by atoms with E-state index < -0.39 is 0 Å². The number of aromatic nitrogens is 3. The zero-order valence-electron chi connectivity index (χ0n) is 18.6. The number of hydrazine groups is 1. The second-order valence-electron chi connectivity index (χ2n) is 9.93. The molecular weight excluding hydrogens is 410 g/mol. The van der Waals surface area contributed by atoms with Crippen molar-refractivity contribution in [3.63, 3.8) is 0 Å². The van der Waals surface area contributed by atoms with E-state index in [1.165, 1.54) is 19.3 Å². The molecule has 2 aromatic carbocycles. The summed E-state index contributed by atoms with van der Waals surface area (Å²) in [5.41, 5.74) is 5.91. The highest BCUT2D eigenvalue weighted by atomic mass is 16.1. The molecule has 2 unspecified atom stereocenters. The summed E-state index contributed by atoms with van der Waals surface area (Å²) >= 11 is 0. The van der Waals surface area contributed by atoms with Gasteiger partial charge in [0.05, 0.1) is 0 Å². The van der Waals surface area contributed by atoms with Crippen LogP contribution in [0.1, 0.15) is 38.1 Å². The van der Waals surface area contributed by atoms with Crippen LogP contribution in [0.5, 0.6) is 0 Å². The minimum atomic E-state index is 0.0432. The molecule has 2 aromatic heterocycles. The van der Waals surface area contributed by atoms with Gasteiger partial charge in [-0.25, -0.2) is 9.99 Å². The number of pyridine rings is 1. The van der Waals surface area contributed by atoms with E-state index in [9.17, 15) is 4.79 Å². The Morgan fingerprint density at radius 3 is 2.48 bits per heavy atom. The third-order valence-corrected chi connectivity index (χ3v) is 7.75. The van der Waals surface area contributed by atoms with E-state index in [1.54, 1.807) is 0 Å². The molecule has 3 heterocycles. The molecule has 7 rings (SSSR count). The van der Waals surface area contributed by atoms with Gasteiger partial charge in [0.15, 0.2) is 0 Å². The van der Waals surface area contributed by atoms with Crippen LogP contribution in [0.25, 0.3) is 32.9 Å². The lowest BCUT2D eigenvalue weighted by molar-refractivity contribution is 0.369. The molecule has 0 radical (unpaired) electrons. The van der Waals surface area contributed by atoms with Crippen molar-refractivity contribution < 1.29 is 0 Å². The van der Waals surface area contributed by atoms with Crippen LogP contribution in [0.2, 0.25) is 0 Å². The highest BCUT2D eigenvalue weighted by molar-refractivity contribution is 5.98. The number of hydrogen-bond donors (Lipinski definition) is 1. The van der Waals surface area contributed by atoms with Crippen molar-refractivity contribution in [3.8, 4) is 11.1 Å². The number of fused-ring (bicyclic) bond motifs is 3. The van der Waals surface area contributed by atoms with E-state index in [4.69, 9.17) is 4.98 Å². The van der Waals surface area contributed by atoms with E-state index >= 15 is 0 Å². The van der Waals surface area contributed by atoms with Crippen LogP contribution >= 0.6 is 0 Å². The molecule has 3 fully saturated rings. The van der Waals surface area contributed by atoms with Crippen LogP contribution in [-0.2, 0) is 0 Å². The van der Waals surface area contributed by atoms with Crippen LogP contribution in [0.15, 0.2) is 59.5 Å². The molecular formula is C27H27N5O. The first-order chi connectivity index (χ1) is 16.2. The van der Waals surface area contributed by atoms with E-state index in [1.807, 2.05) is 41.1 Å². The van der Waals surface area contributed by atoms with Gasteiger partial charge in [-0.3, -0.25) is 14.8 Å². The average Bonchev–Trinajstić information content (AvgIpc) is 3.45. The van der Waals surface area contributed by atoms with Crippen molar-refractivity contribution in [1.29, 1.82) is 0 Å². The van der Waals surface area contributed by atoms with Crippen molar-refractivity contribution in [1.82, 2.24) is 19.5 Å². The van der Waals surface area contributed by atoms with Crippen molar-refractivity contribution in [3.05, 3.63) is 65.1 Å². The normalized spacial score (nSPS) is 22.8. The van der Waals surface area contributed by atoms with Gasteiger partial charge in [0.2, 0.25) is 5.95 Å². The number of nitrogens with zero attached hydrogens (tertiary/aromatic N) is 4. The van der Waals surface area contributed by atoms with E-state index in [-0.39, 0.29) is 11.6 Å². The smallest absolute Gasteiger partial charge is 0.260 e. The summed E-state index contributed by atoms with van der Waals surface area (Å²) in [4.78, 5) is 23.3. The minimum absolute atomic E-state index is 0.0432. The molecule has 0 bridgehead atoms. The molecule has 0 spiro atoms. The Labute approximate surface area is 192 Å². The predicted molar refractivity (Wildman–Crippen MR) is 131 cm³/mol. The van der Waals surface area contributed by atoms with Gasteiger partial charge in [-0.05, 0) is 59.9 Å². The molecule has 166 valence electrons. The van der Waals surface area contributed by atoms with Gasteiger partial charge in [-0.15, -0.1) is 0 Å². The molecule has 0 amide bonds. The summed E-state index contributed by atoms with van der Waals surface area (Å²) in [6, 6.07) is 16.6. The van der Waals surface area contributed by atoms with Crippen LogP contribution in [0.4, 0.5) is 5.95 Å². The summed E-state index contributed by atoms with van der Waals surface area (Å²) in [5, 5.41) is 5.41. The standard InChI is InChI=1S/C27H27N5O/c33-26-24(23-10-4-6-17-5-1-2-9-22(17)23)13-20-14-28-27(29-25(20)32(26)21-11-12-21)30-31-15-18-7-3-8-19(18)16-31/h1-2,4-6,9-10,13-14,18-19,21H,3,7-8,11-12,15-16H2,(H,28,29,30). The van der Waals surface area contributed by atoms with Gasteiger partial charge in [-0.1, -0.05) is 48.9 Å². The van der Waals surface area contributed by atoms with Gasteiger partial charge in [0.25, 0.3) is 5.56 Å². The summed E-state index contributed by atoms with van der Waals surface area (Å²) in [5.74, 6) is 2.19. The Kier molecular flexibility index (Phi) is 4.31. The minimum Gasteiger partial charge on any atom is -0.289 e. The number of anilines is 1. The molecule has 3 aliphatic rings. The summed E-state index contributed by atoms with van der Waals surface area (Å²) in [6.45, 7) is 2.11. The van der Waals surface area contributed by atoms with Gasteiger partial charge in [0.1, 0.15) is 5.65 Å². The second kappa shape index (κ2) is 7.39. The fraction of sp³-hybridized carbons (Fsp3) is 0.370. The molecule has 1 N–H and O–H groups in total. The molecule has 2 saturated carbocycles. The van der Waals surface area contributed by atoms with Gasteiger partial charge in [-0.2, -0.15) is 4.98 Å². The van der Waals surface area contributed by atoms with Gasteiger partial charge in [0, 0.05) is 36.3 Å². The third kappa shape index (κ3) is 3.23. The molecule has 2 atom stereocenters. The number of rotatable bonds is 4. The largest absolute Gasteiger partial charge is 0.289 e. The first-order valence-corrected chi connectivity index (χ1v) is 12.2. The van der Waals surface area contributed by atoms with Gasteiger partial charge < -0.3 is 0 Å². The van der Waals surface area contributed by atoms with E-state index in [0.717, 1.165) is 70.7 Å². The van der Waals surface area contributed by atoms with Crippen LogP contribution in [-0.4, -0.2) is 32.6 Å². The van der Waals surface area contributed by atoms with Crippen LogP contribution in [0.3, 0.4) is 0 Å². The Bertz CT molecular complexity index is 1420. The van der Waals surface area contributed by atoms with E-state index in [0.29, 0.717) is 5.95 Å². The molecule has 33 heavy (non-hydrogen) atoms. The fourth-order valence-corrected chi connectivity index (χ4v) is 5.97. The highest BCUT2D eigenvalue weighted by Gasteiger charge is 2.36. The third-order valence-electron chi connectivity index (χ3n) is 7.75. The van der Waals surface area contributed by atoms with Crippen molar-refractivity contribution >= 4 is 27.8 Å². The molecule has 1 aliphatic heterocycles. The maximum absolute atomic E-state index is 13.8. The lowest BCUT2D eigenvalue weighted by atomic mass is 9.98. The number of nitrogens with one attached hydrogen (secondary N) is 1. The zero-order chi connectivity index (χ0) is 21.9. The average molecular weight is 438 g/mol. The first kappa shape index (κ1) is 19.2. The lowest BCUT2D eigenvalue weighted by Crippen LogP contribution is -2.30. The molecule has 2 aliphatic carbocycles. The Balaban J connectivity index is 1.32. The fourth-order valence-electron chi connectivity index (χ4n) is 5.97. The monoisotopic (exact) mass is 437 g/mol. The molecule has 6 heteroatoms. The highest BCUT2D eigenvalue weighted by Crippen LogP contribution is 2.39. The lowest BCUT2D eigenvalue weighted by Gasteiger charge is -2.19. The topological polar surface area (TPSA) is 63.1 Å².